The number of nitrogens with zero attached hydrogens (tertiary/aromatic N) is 1. The van der Waals surface area contributed by atoms with Crippen LogP contribution in [0.4, 0.5) is 4.79 Å². The smallest absolute Gasteiger partial charge is 0.434 e. The van der Waals surface area contributed by atoms with E-state index in [1.807, 2.05) is 0 Å². The summed E-state index contributed by atoms with van der Waals surface area (Å²) in [5.41, 5.74) is 0.575. The highest BCUT2D eigenvalue weighted by atomic mass is 16.7. The molecule has 0 saturated carbocycles. The molecule has 9 nitrogen and oxygen atoms in total. The van der Waals surface area contributed by atoms with Crippen molar-refractivity contribution in [2.24, 2.45) is 0 Å². The number of ether oxygens (including phenoxy) is 2. The van der Waals surface area contributed by atoms with Crippen LogP contribution in [0.25, 0.3) is 0 Å². The van der Waals surface area contributed by atoms with Gasteiger partial charge in [0.25, 0.3) is 11.8 Å². The van der Waals surface area contributed by atoms with E-state index in [1.54, 1.807) is 13.8 Å². The first-order valence-electron chi connectivity index (χ1n) is 7.94. The van der Waals surface area contributed by atoms with Gasteiger partial charge in [-0.2, -0.15) is 0 Å². The second-order valence-corrected chi connectivity index (χ2v) is 5.14. The predicted octanol–water partition coefficient (Wildman–Crippen LogP) is 1.68. The Bertz CT molecular complexity index is 769. The third kappa shape index (κ3) is 5.62. The summed E-state index contributed by atoms with van der Waals surface area (Å²) in [7, 11) is 0. The number of hydrogen-bond donors (Lipinski definition) is 2. The van der Waals surface area contributed by atoms with Crippen molar-refractivity contribution in [3.8, 4) is 5.75 Å². The third-order valence-electron chi connectivity index (χ3n) is 3.14. The van der Waals surface area contributed by atoms with Crippen molar-refractivity contribution < 1.29 is 28.4 Å². The van der Waals surface area contributed by atoms with Crippen LogP contribution in [0.1, 0.15) is 33.5 Å². The zero-order valence-corrected chi connectivity index (χ0v) is 14.4. The Morgan fingerprint density at radius 1 is 1.08 bits per heavy atom. The topological polar surface area (TPSA) is 120 Å². The molecular formula is C17H19N3O6. The van der Waals surface area contributed by atoms with Gasteiger partial charge in [0.2, 0.25) is 0 Å². The van der Waals surface area contributed by atoms with E-state index in [1.165, 1.54) is 30.3 Å². The first-order chi connectivity index (χ1) is 12.5. The first kappa shape index (κ1) is 19.0. The Morgan fingerprint density at radius 2 is 1.73 bits per heavy atom. The maximum absolute atomic E-state index is 12.0. The highest BCUT2D eigenvalue weighted by Gasteiger charge is 2.11. The van der Waals surface area contributed by atoms with Crippen LogP contribution in [0.5, 0.6) is 5.75 Å². The number of nitrogens with one attached hydrogen (secondary N) is 2. The summed E-state index contributed by atoms with van der Waals surface area (Å²) in [6.07, 6.45) is -0.803. The van der Waals surface area contributed by atoms with Crippen LogP contribution in [0.15, 0.2) is 34.9 Å². The highest BCUT2D eigenvalue weighted by molar-refractivity contribution is 5.94. The van der Waals surface area contributed by atoms with Gasteiger partial charge >= 0.3 is 6.16 Å². The van der Waals surface area contributed by atoms with Gasteiger partial charge in [-0.25, -0.2) is 4.79 Å². The molecule has 0 radical (unpaired) electrons. The molecule has 9 heteroatoms. The van der Waals surface area contributed by atoms with Gasteiger partial charge in [0.1, 0.15) is 11.5 Å². The zero-order chi connectivity index (χ0) is 18.9. The Hall–Kier alpha value is -3.36. The zero-order valence-electron chi connectivity index (χ0n) is 14.4. The molecule has 0 spiro atoms. The average Bonchev–Trinajstić information content (AvgIpc) is 3.05. The third-order valence-corrected chi connectivity index (χ3v) is 3.14. The second-order valence-electron chi connectivity index (χ2n) is 5.14. The van der Waals surface area contributed by atoms with E-state index in [-0.39, 0.29) is 43.0 Å². The molecule has 0 bridgehead atoms. The minimum Gasteiger partial charge on any atom is -0.434 e. The number of hydrogen-bond acceptors (Lipinski definition) is 7. The van der Waals surface area contributed by atoms with Crippen LogP contribution in [0, 0.1) is 6.92 Å². The summed E-state index contributed by atoms with van der Waals surface area (Å²) < 4.78 is 14.4. The number of benzene rings is 1. The lowest BCUT2D eigenvalue weighted by Crippen LogP contribution is -2.34. The Morgan fingerprint density at radius 3 is 2.31 bits per heavy atom. The standard InChI is InChI=1S/C17H19N3O6/c1-3-24-17(23)25-13-6-4-12(5-7-13)15(21)18-8-9-19-16(22)14-10-11(2)26-20-14/h4-7,10H,3,8-9H2,1-2H3,(H,18,21)(H,19,22). The van der Waals surface area contributed by atoms with Gasteiger partial charge in [-0.1, -0.05) is 5.16 Å². The Labute approximate surface area is 149 Å². The molecule has 26 heavy (non-hydrogen) atoms. The highest BCUT2D eigenvalue weighted by Crippen LogP contribution is 2.12. The van der Waals surface area contributed by atoms with Crippen LogP contribution in [-0.4, -0.2) is 42.8 Å². The van der Waals surface area contributed by atoms with Crippen molar-refractivity contribution in [1.29, 1.82) is 0 Å². The predicted molar refractivity (Wildman–Crippen MR) is 90.0 cm³/mol. The van der Waals surface area contributed by atoms with Crippen molar-refractivity contribution >= 4 is 18.0 Å². The molecule has 2 rings (SSSR count). The summed E-state index contributed by atoms with van der Waals surface area (Å²) >= 11 is 0. The maximum Gasteiger partial charge on any atom is 0.513 e. The van der Waals surface area contributed by atoms with E-state index in [2.05, 4.69) is 20.5 Å². The quantitative estimate of drug-likeness (QED) is 0.437. The number of aromatic nitrogens is 1. The molecular weight excluding hydrogens is 342 g/mol. The fourth-order valence-electron chi connectivity index (χ4n) is 1.94. The van der Waals surface area contributed by atoms with Gasteiger partial charge < -0.3 is 24.6 Å². The van der Waals surface area contributed by atoms with Crippen LogP contribution < -0.4 is 15.4 Å². The van der Waals surface area contributed by atoms with Gasteiger partial charge in [-0.05, 0) is 38.1 Å². The molecule has 0 atom stereocenters. The number of amides is 2. The molecule has 2 amide bonds. The van der Waals surface area contributed by atoms with E-state index < -0.39 is 6.16 Å². The molecule has 0 fully saturated rings. The second kappa shape index (κ2) is 9.21. The molecule has 0 aliphatic carbocycles. The minimum absolute atomic E-state index is 0.186. The van der Waals surface area contributed by atoms with E-state index in [4.69, 9.17) is 9.26 Å². The van der Waals surface area contributed by atoms with Crippen LogP contribution in [0.2, 0.25) is 0 Å². The van der Waals surface area contributed by atoms with Crippen LogP contribution in [-0.2, 0) is 4.74 Å². The minimum atomic E-state index is -0.803. The summed E-state index contributed by atoms with van der Waals surface area (Å²) in [5, 5.41) is 8.87. The van der Waals surface area contributed by atoms with Gasteiger partial charge in [0, 0.05) is 24.7 Å². The van der Waals surface area contributed by atoms with Crippen molar-refractivity contribution in [1.82, 2.24) is 15.8 Å². The molecule has 0 saturated heterocycles. The van der Waals surface area contributed by atoms with Crippen LogP contribution >= 0.6 is 0 Å². The number of carbonyl (C=O) groups is 3. The molecule has 1 aromatic heterocycles. The molecule has 138 valence electrons. The number of carbonyl (C=O) groups excluding carboxylic acids is 3. The van der Waals surface area contributed by atoms with Crippen molar-refractivity contribution in [3.63, 3.8) is 0 Å². The maximum atomic E-state index is 12.0. The molecule has 1 aromatic carbocycles. The van der Waals surface area contributed by atoms with E-state index in [0.29, 0.717) is 11.3 Å². The van der Waals surface area contributed by atoms with E-state index in [9.17, 15) is 14.4 Å². The monoisotopic (exact) mass is 361 g/mol. The average molecular weight is 361 g/mol. The van der Waals surface area contributed by atoms with Gasteiger partial charge in [-0.15, -0.1) is 0 Å². The summed E-state index contributed by atoms with van der Waals surface area (Å²) in [6.45, 7) is 4.05. The van der Waals surface area contributed by atoms with Gasteiger partial charge in [-0.3, -0.25) is 9.59 Å². The lowest BCUT2D eigenvalue weighted by Gasteiger charge is -2.07. The Kier molecular flexibility index (Phi) is 6.72. The molecule has 2 aromatic rings. The molecule has 2 N–H and O–H groups in total. The normalized spacial score (nSPS) is 10.1. The number of rotatable bonds is 7. The van der Waals surface area contributed by atoms with Gasteiger partial charge in [0.15, 0.2) is 5.69 Å². The van der Waals surface area contributed by atoms with Crippen LogP contribution in [0.3, 0.4) is 0 Å². The molecule has 1 heterocycles. The number of aryl methyl sites for hydroxylation is 1. The molecule has 0 unspecified atom stereocenters. The van der Waals surface area contributed by atoms with Gasteiger partial charge in [0.05, 0.1) is 6.61 Å². The summed E-state index contributed by atoms with van der Waals surface area (Å²) in [5.74, 6) is 0.116. The fourth-order valence-corrected chi connectivity index (χ4v) is 1.94. The summed E-state index contributed by atoms with van der Waals surface area (Å²) in [4.78, 5) is 35.0. The molecule has 0 aliphatic heterocycles. The summed E-state index contributed by atoms with van der Waals surface area (Å²) in [6, 6.07) is 7.52. The first-order valence-corrected chi connectivity index (χ1v) is 7.94. The largest absolute Gasteiger partial charge is 0.513 e. The van der Waals surface area contributed by atoms with Crippen molar-refractivity contribution in [2.75, 3.05) is 19.7 Å². The fraction of sp³-hybridized carbons (Fsp3) is 0.294. The molecule has 0 aliphatic rings. The Balaban J connectivity index is 1.73. The van der Waals surface area contributed by atoms with E-state index in [0.717, 1.165) is 0 Å². The van der Waals surface area contributed by atoms with E-state index >= 15 is 0 Å². The van der Waals surface area contributed by atoms with Crippen molar-refractivity contribution in [3.05, 3.63) is 47.3 Å². The lowest BCUT2D eigenvalue weighted by molar-refractivity contribution is 0.0922. The van der Waals surface area contributed by atoms with Crippen molar-refractivity contribution in [2.45, 2.75) is 13.8 Å². The lowest BCUT2D eigenvalue weighted by atomic mass is 10.2. The SMILES string of the molecule is CCOC(=O)Oc1ccc(C(=O)NCCNC(=O)c2cc(C)on2)cc1.